The van der Waals surface area contributed by atoms with E-state index in [1.54, 1.807) is 0 Å². The predicted octanol–water partition coefficient (Wildman–Crippen LogP) is 4.30. The topological polar surface area (TPSA) is 44.3 Å². The van der Waals surface area contributed by atoms with Crippen molar-refractivity contribution in [3.8, 4) is 0 Å². The molecule has 0 saturated carbocycles. The van der Waals surface area contributed by atoms with Crippen molar-refractivity contribution in [3.05, 3.63) is 40.1 Å². The molecule has 0 radical (unpaired) electrons. The van der Waals surface area contributed by atoms with Crippen LogP contribution in [0, 0.1) is 0 Å². The molecule has 0 amide bonds. The van der Waals surface area contributed by atoms with Gasteiger partial charge in [0.1, 0.15) is 0 Å². The SMILES string of the molecule is C[Si](C)(C)[N-]CCN(CC[N-][Si](C)(C)C)Cc1ccccn1. The minimum atomic E-state index is -1.31. The van der Waals surface area contributed by atoms with E-state index in [4.69, 9.17) is 9.96 Å². The zero-order valence-corrected chi connectivity index (χ0v) is 17.1. The second-order valence-electron chi connectivity index (χ2n) is 7.70. The second kappa shape index (κ2) is 8.93. The van der Waals surface area contributed by atoms with Gasteiger partial charge in [0.2, 0.25) is 0 Å². The lowest BCUT2D eigenvalue weighted by Crippen LogP contribution is -2.33. The summed E-state index contributed by atoms with van der Waals surface area (Å²) >= 11 is 0. The molecule has 0 unspecified atom stereocenters. The predicted molar refractivity (Wildman–Crippen MR) is 103 cm³/mol. The summed E-state index contributed by atoms with van der Waals surface area (Å²) in [5.74, 6) is 0. The summed E-state index contributed by atoms with van der Waals surface area (Å²) < 4.78 is 0. The van der Waals surface area contributed by atoms with Gasteiger partial charge in [0.05, 0.1) is 5.69 Å². The average Bonchev–Trinajstić information content (AvgIpc) is 2.36. The van der Waals surface area contributed by atoms with Crippen molar-refractivity contribution in [2.24, 2.45) is 0 Å². The molecule has 1 aromatic heterocycles. The molecule has 126 valence electrons. The van der Waals surface area contributed by atoms with E-state index in [2.05, 4.69) is 61.3 Å². The number of hydrogen-bond donors (Lipinski definition) is 0. The van der Waals surface area contributed by atoms with Crippen LogP contribution < -0.4 is 0 Å². The Labute approximate surface area is 138 Å². The Hall–Kier alpha value is -0.536. The van der Waals surface area contributed by atoms with Crippen molar-refractivity contribution in [3.63, 3.8) is 0 Å². The highest BCUT2D eigenvalue weighted by Crippen LogP contribution is 2.12. The highest BCUT2D eigenvalue weighted by molar-refractivity contribution is 6.80. The quantitative estimate of drug-likeness (QED) is 0.598. The largest absolute Gasteiger partial charge is 0.664 e. The van der Waals surface area contributed by atoms with Gasteiger partial charge in [-0.05, 0) is 25.2 Å². The summed E-state index contributed by atoms with van der Waals surface area (Å²) in [5.41, 5.74) is 1.13. The lowest BCUT2D eigenvalue weighted by atomic mass is 10.3. The fourth-order valence-corrected chi connectivity index (χ4v) is 3.59. The van der Waals surface area contributed by atoms with Gasteiger partial charge < -0.3 is 14.9 Å². The van der Waals surface area contributed by atoms with Crippen molar-refractivity contribution in [2.45, 2.75) is 45.8 Å². The van der Waals surface area contributed by atoms with Crippen LogP contribution in [-0.4, -0.2) is 52.5 Å². The molecule has 0 saturated heterocycles. The van der Waals surface area contributed by atoms with Crippen LogP contribution in [0.15, 0.2) is 24.4 Å². The van der Waals surface area contributed by atoms with Gasteiger partial charge in [0.25, 0.3) is 0 Å². The number of nitrogens with zero attached hydrogens (tertiary/aromatic N) is 4. The molecule has 0 aliphatic carbocycles. The van der Waals surface area contributed by atoms with Crippen molar-refractivity contribution in [1.29, 1.82) is 0 Å². The second-order valence-corrected chi connectivity index (χ2v) is 17.0. The van der Waals surface area contributed by atoms with Crippen molar-refractivity contribution >= 4 is 16.5 Å². The first-order chi connectivity index (χ1) is 10.2. The number of hydrogen-bond acceptors (Lipinski definition) is 2. The summed E-state index contributed by atoms with van der Waals surface area (Å²) in [6.45, 7) is 18.5. The monoisotopic (exact) mass is 336 g/mol. The molecule has 1 rings (SSSR count). The summed E-state index contributed by atoms with van der Waals surface area (Å²) in [6, 6.07) is 6.12. The Morgan fingerprint density at radius 1 is 0.909 bits per heavy atom. The minimum Gasteiger partial charge on any atom is -0.664 e. The Kier molecular flexibility index (Phi) is 7.92. The molecule has 0 aromatic carbocycles. The third-order valence-corrected chi connectivity index (χ3v) is 5.46. The summed E-state index contributed by atoms with van der Waals surface area (Å²) in [5, 5.41) is 0. The molecular formula is C16H32N4Si2-2. The molecule has 0 bridgehead atoms. The van der Waals surface area contributed by atoms with Gasteiger partial charge in [-0.1, -0.05) is 61.8 Å². The van der Waals surface area contributed by atoms with Crippen molar-refractivity contribution in [1.82, 2.24) is 9.88 Å². The van der Waals surface area contributed by atoms with Gasteiger partial charge in [0, 0.05) is 12.7 Å². The van der Waals surface area contributed by atoms with Crippen LogP contribution >= 0.6 is 0 Å². The van der Waals surface area contributed by atoms with E-state index in [1.807, 2.05) is 12.3 Å². The molecule has 22 heavy (non-hydrogen) atoms. The zero-order chi connectivity index (χ0) is 16.6. The van der Waals surface area contributed by atoms with E-state index < -0.39 is 16.5 Å². The standard InChI is InChI=1S/C16H32N4Si2/c1-21(2,3)18-11-13-20(14-12-19-22(4,5)6)15-16-9-7-8-10-17-16/h7-10H,11-15H2,1-6H3/q-2. The van der Waals surface area contributed by atoms with Crippen LogP contribution in [0.25, 0.3) is 9.96 Å². The normalized spacial score (nSPS) is 12.9. The molecule has 0 aliphatic rings. The zero-order valence-electron chi connectivity index (χ0n) is 15.1. The van der Waals surface area contributed by atoms with E-state index in [0.717, 1.165) is 38.4 Å². The molecule has 6 heteroatoms. The fraction of sp³-hybridized carbons (Fsp3) is 0.688. The number of pyridine rings is 1. The van der Waals surface area contributed by atoms with Crippen LogP contribution in [-0.2, 0) is 6.54 Å². The molecule has 0 aliphatic heterocycles. The van der Waals surface area contributed by atoms with Gasteiger partial charge in [0.15, 0.2) is 0 Å². The maximum atomic E-state index is 4.85. The van der Waals surface area contributed by atoms with E-state index in [9.17, 15) is 0 Å². The maximum Gasteiger partial charge on any atom is 0.0543 e. The van der Waals surface area contributed by atoms with Crippen LogP contribution in [0.3, 0.4) is 0 Å². The molecule has 1 aromatic rings. The highest BCUT2D eigenvalue weighted by atomic mass is 28.3. The molecule has 0 N–H and O–H groups in total. The van der Waals surface area contributed by atoms with E-state index in [-0.39, 0.29) is 0 Å². The molecule has 0 atom stereocenters. The lowest BCUT2D eigenvalue weighted by Gasteiger charge is -2.39. The fourth-order valence-electron chi connectivity index (χ4n) is 2.04. The van der Waals surface area contributed by atoms with Gasteiger partial charge >= 0.3 is 0 Å². The Balaban J connectivity index is 2.49. The Morgan fingerprint density at radius 3 is 1.86 bits per heavy atom. The first kappa shape index (κ1) is 19.5. The molecule has 0 fully saturated rings. The van der Waals surface area contributed by atoms with Crippen LogP contribution in [0.5, 0.6) is 0 Å². The Bertz CT molecular complexity index is 392. The van der Waals surface area contributed by atoms with E-state index in [1.165, 1.54) is 0 Å². The average molecular weight is 337 g/mol. The summed E-state index contributed by atoms with van der Waals surface area (Å²) in [7, 11) is -2.62. The van der Waals surface area contributed by atoms with Gasteiger partial charge in [-0.15, -0.1) is 13.1 Å². The lowest BCUT2D eigenvalue weighted by molar-refractivity contribution is 0.287. The first-order valence-electron chi connectivity index (χ1n) is 8.15. The molecule has 0 spiro atoms. The number of rotatable bonds is 10. The minimum absolute atomic E-state index is 0.892. The summed E-state index contributed by atoms with van der Waals surface area (Å²) in [6.07, 6.45) is 1.87. The first-order valence-corrected chi connectivity index (χ1v) is 15.0. The third kappa shape index (κ3) is 10.2. The van der Waals surface area contributed by atoms with Crippen LogP contribution in [0.4, 0.5) is 0 Å². The van der Waals surface area contributed by atoms with E-state index in [0.29, 0.717) is 0 Å². The van der Waals surface area contributed by atoms with Crippen molar-refractivity contribution < 1.29 is 0 Å². The third-order valence-electron chi connectivity index (χ3n) is 3.12. The maximum absolute atomic E-state index is 4.85. The molecule has 4 nitrogen and oxygen atoms in total. The molecule has 1 heterocycles. The van der Waals surface area contributed by atoms with Gasteiger partial charge in [-0.2, -0.15) is 0 Å². The Morgan fingerprint density at radius 2 is 1.45 bits per heavy atom. The smallest absolute Gasteiger partial charge is 0.0543 e. The number of aromatic nitrogens is 1. The van der Waals surface area contributed by atoms with E-state index >= 15 is 0 Å². The van der Waals surface area contributed by atoms with Crippen LogP contribution in [0.1, 0.15) is 5.69 Å². The summed E-state index contributed by atoms with van der Waals surface area (Å²) in [4.78, 5) is 16.6. The molecular weight excluding hydrogens is 304 g/mol. The highest BCUT2D eigenvalue weighted by Gasteiger charge is 2.06. The van der Waals surface area contributed by atoms with Crippen LogP contribution in [0.2, 0.25) is 39.3 Å². The van der Waals surface area contributed by atoms with Crippen molar-refractivity contribution in [2.75, 3.05) is 26.2 Å². The van der Waals surface area contributed by atoms with Gasteiger partial charge in [-0.3, -0.25) is 4.98 Å². The van der Waals surface area contributed by atoms with Gasteiger partial charge in [-0.25, -0.2) is 0 Å².